The normalized spacial score (nSPS) is 27.6. The molecule has 0 spiro atoms. The number of allylic oxidation sites excluding steroid dienone is 1. The van der Waals surface area contributed by atoms with Crippen LogP contribution in [0.2, 0.25) is 0 Å². The van der Waals surface area contributed by atoms with Crippen molar-refractivity contribution in [2.45, 2.75) is 30.7 Å². The van der Waals surface area contributed by atoms with Crippen molar-refractivity contribution in [3.05, 3.63) is 71.3 Å². The van der Waals surface area contributed by atoms with Gasteiger partial charge in [-0.25, -0.2) is 9.59 Å². The summed E-state index contributed by atoms with van der Waals surface area (Å²) in [7, 11) is 1.14. The second-order valence-electron chi connectivity index (χ2n) is 9.77. The molecular formula is C28H26O11. The van der Waals surface area contributed by atoms with E-state index in [2.05, 4.69) is 0 Å². The van der Waals surface area contributed by atoms with E-state index < -0.39 is 65.6 Å². The van der Waals surface area contributed by atoms with Crippen LogP contribution in [0.1, 0.15) is 17.0 Å². The number of carbonyl (C=O) groups is 3. The number of esters is 3. The van der Waals surface area contributed by atoms with E-state index in [1.807, 2.05) is 0 Å². The summed E-state index contributed by atoms with van der Waals surface area (Å²) in [6, 6.07) is 8.19. The van der Waals surface area contributed by atoms with Crippen LogP contribution < -0.4 is 0 Å². The van der Waals surface area contributed by atoms with Gasteiger partial charge in [0.25, 0.3) is 0 Å². The highest BCUT2D eigenvalue weighted by molar-refractivity contribution is 5.86. The molecule has 4 aliphatic rings. The number of phenols is 4. The first kappa shape index (κ1) is 26.1. The second kappa shape index (κ2) is 9.99. The molecule has 11 nitrogen and oxygen atoms in total. The Hall–Kier alpha value is -4.51. The maximum atomic E-state index is 12.8. The average molecular weight is 539 g/mol. The molecule has 7 atom stereocenters. The molecule has 0 radical (unpaired) electrons. The molecule has 2 aromatic rings. The lowest BCUT2D eigenvalue weighted by atomic mass is 9.56. The smallest absolute Gasteiger partial charge is 0.347 e. The van der Waals surface area contributed by atoms with Gasteiger partial charge >= 0.3 is 17.9 Å². The monoisotopic (exact) mass is 538 g/mol. The average Bonchev–Trinajstić information content (AvgIpc) is 3.22. The summed E-state index contributed by atoms with van der Waals surface area (Å²) in [6.07, 6.45) is 1.05. The van der Waals surface area contributed by atoms with Gasteiger partial charge < -0.3 is 39.7 Å². The molecule has 4 bridgehead atoms. The maximum absolute atomic E-state index is 12.8. The Morgan fingerprint density at radius 2 is 1.67 bits per heavy atom. The largest absolute Gasteiger partial charge is 0.504 e. The first-order valence-electron chi connectivity index (χ1n) is 12.2. The highest BCUT2D eigenvalue weighted by Crippen LogP contribution is 2.58. The maximum Gasteiger partial charge on any atom is 0.347 e. The van der Waals surface area contributed by atoms with Crippen molar-refractivity contribution in [2.75, 3.05) is 7.11 Å². The number of ether oxygens (including phenoxy) is 3. The van der Waals surface area contributed by atoms with E-state index in [1.54, 1.807) is 12.1 Å². The first-order valence-corrected chi connectivity index (χ1v) is 12.2. The second-order valence-corrected chi connectivity index (χ2v) is 9.77. The highest BCUT2D eigenvalue weighted by atomic mass is 16.6. The molecule has 0 aromatic heterocycles. The van der Waals surface area contributed by atoms with Crippen molar-refractivity contribution in [3.8, 4) is 23.0 Å². The van der Waals surface area contributed by atoms with Crippen LogP contribution in [0.15, 0.2) is 60.2 Å². The van der Waals surface area contributed by atoms with Crippen molar-refractivity contribution >= 4 is 17.9 Å². The van der Waals surface area contributed by atoms with Gasteiger partial charge in [-0.2, -0.15) is 0 Å². The molecule has 2 aromatic carbocycles. The number of aromatic hydroxyl groups is 4. The lowest BCUT2D eigenvalue weighted by molar-refractivity contribution is -0.162. The van der Waals surface area contributed by atoms with Crippen molar-refractivity contribution in [1.29, 1.82) is 0 Å². The van der Waals surface area contributed by atoms with Gasteiger partial charge in [0.2, 0.25) is 6.10 Å². The van der Waals surface area contributed by atoms with Gasteiger partial charge in [-0.05, 0) is 41.0 Å². The molecular weight excluding hydrogens is 512 g/mol. The van der Waals surface area contributed by atoms with Crippen LogP contribution >= 0.6 is 0 Å². The molecule has 1 aliphatic heterocycles. The first-order chi connectivity index (χ1) is 18.6. The van der Waals surface area contributed by atoms with Crippen molar-refractivity contribution in [1.82, 2.24) is 0 Å². The Morgan fingerprint density at radius 1 is 0.974 bits per heavy atom. The van der Waals surface area contributed by atoms with Crippen molar-refractivity contribution in [2.24, 2.45) is 17.8 Å². The predicted molar refractivity (Wildman–Crippen MR) is 131 cm³/mol. The van der Waals surface area contributed by atoms with Gasteiger partial charge in [-0.1, -0.05) is 24.3 Å². The molecule has 39 heavy (non-hydrogen) atoms. The molecule has 1 heterocycles. The van der Waals surface area contributed by atoms with E-state index in [9.17, 15) is 39.9 Å². The van der Waals surface area contributed by atoms with E-state index >= 15 is 0 Å². The number of benzene rings is 2. The lowest BCUT2D eigenvalue weighted by Gasteiger charge is -2.46. The summed E-state index contributed by atoms with van der Waals surface area (Å²) < 4.78 is 15.5. The fraction of sp³-hybridized carbons (Fsp3) is 0.321. The SMILES string of the molecule is COC(=O)C(Cc1ccc(O)c(O)c1)OC(=O)/C=C/C1=C[C@H]2C(O)C3OC(=O)C(C2c2ccc(O)c(O)c2)[C@H]13. The van der Waals surface area contributed by atoms with Crippen LogP contribution in [0.4, 0.5) is 0 Å². The molecule has 5 N–H and O–H groups in total. The third-order valence-corrected chi connectivity index (χ3v) is 7.55. The molecule has 2 fully saturated rings. The molecule has 5 unspecified atom stereocenters. The number of rotatable bonds is 7. The van der Waals surface area contributed by atoms with Crippen LogP contribution in [-0.4, -0.2) is 68.9 Å². The van der Waals surface area contributed by atoms with Gasteiger partial charge in [0.05, 0.1) is 19.1 Å². The molecule has 1 saturated heterocycles. The molecule has 204 valence electrons. The lowest BCUT2D eigenvalue weighted by Crippen LogP contribution is -2.51. The third kappa shape index (κ3) is 4.65. The number of phenolic OH excluding ortho intramolecular Hbond substituents is 4. The number of aliphatic hydroxyl groups excluding tert-OH is 1. The molecule has 1 saturated carbocycles. The van der Waals surface area contributed by atoms with E-state index in [1.165, 1.54) is 36.4 Å². The zero-order valence-corrected chi connectivity index (χ0v) is 20.6. The number of hydrogen-bond donors (Lipinski definition) is 5. The van der Waals surface area contributed by atoms with Crippen LogP contribution in [0.3, 0.4) is 0 Å². The van der Waals surface area contributed by atoms with Gasteiger partial charge in [0, 0.05) is 30.3 Å². The van der Waals surface area contributed by atoms with Crippen LogP contribution in [-0.2, 0) is 35.0 Å². The standard InChI is InChI=1S/C28H26O11/c1-37-27(35)20(9-12-2-5-16(29)18(31)8-12)38-21(33)7-4-13-10-15-22(14-3-6-17(30)19(32)11-14)24-23(13)26(25(15)34)39-28(24)36/h2-8,10-11,15,20,22-26,29-32,34H,9H2,1H3/b7-4+/t15-,20?,22?,23+,24?,25?,26?/m1/s1. The predicted octanol–water partition coefficient (Wildman–Crippen LogP) is 1.56. The summed E-state index contributed by atoms with van der Waals surface area (Å²) in [5.74, 6) is -5.91. The summed E-state index contributed by atoms with van der Waals surface area (Å²) in [4.78, 5) is 37.7. The Kier molecular flexibility index (Phi) is 6.69. The quantitative estimate of drug-likeness (QED) is 0.149. The zero-order valence-electron chi connectivity index (χ0n) is 20.6. The highest BCUT2D eigenvalue weighted by Gasteiger charge is 2.63. The summed E-state index contributed by atoms with van der Waals surface area (Å²) >= 11 is 0. The fourth-order valence-electron chi connectivity index (χ4n) is 5.79. The molecule has 3 aliphatic carbocycles. The van der Waals surface area contributed by atoms with E-state index in [4.69, 9.17) is 14.2 Å². The van der Waals surface area contributed by atoms with Crippen LogP contribution in [0.5, 0.6) is 23.0 Å². The van der Waals surface area contributed by atoms with Crippen LogP contribution in [0.25, 0.3) is 0 Å². The summed E-state index contributed by atoms with van der Waals surface area (Å²) in [5.41, 5.74) is 1.55. The van der Waals surface area contributed by atoms with Gasteiger partial charge in [0.15, 0.2) is 23.0 Å². The minimum absolute atomic E-state index is 0.118. The van der Waals surface area contributed by atoms with Crippen molar-refractivity contribution < 1.29 is 54.1 Å². The fourth-order valence-corrected chi connectivity index (χ4v) is 5.79. The van der Waals surface area contributed by atoms with Gasteiger partial charge in [-0.3, -0.25) is 4.79 Å². The third-order valence-electron chi connectivity index (χ3n) is 7.55. The van der Waals surface area contributed by atoms with Gasteiger partial charge in [-0.15, -0.1) is 0 Å². The summed E-state index contributed by atoms with van der Waals surface area (Å²) in [6.45, 7) is 0. The van der Waals surface area contributed by atoms with E-state index in [-0.39, 0.29) is 23.7 Å². The number of carbonyl (C=O) groups excluding carboxylic acids is 3. The summed E-state index contributed by atoms with van der Waals surface area (Å²) in [5, 5.41) is 49.8. The zero-order chi connectivity index (χ0) is 28.0. The number of methoxy groups -OCH3 is 1. The number of aliphatic hydroxyl groups is 1. The van der Waals surface area contributed by atoms with Crippen LogP contribution in [0, 0.1) is 17.8 Å². The van der Waals surface area contributed by atoms with E-state index in [0.717, 1.165) is 13.2 Å². The van der Waals surface area contributed by atoms with Crippen molar-refractivity contribution in [3.63, 3.8) is 0 Å². The minimum atomic E-state index is -1.33. The Morgan fingerprint density at radius 3 is 2.33 bits per heavy atom. The molecule has 11 heteroatoms. The Bertz CT molecular complexity index is 1390. The minimum Gasteiger partial charge on any atom is -0.504 e. The topological polar surface area (TPSA) is 180 Å². The van der Waals surface area contributed by atoms with Gasteiger partial charge in [0.1, 0.15) is 6.10 Å². The number of hydrogen-bond acceptors (Lipinski definition) is 11. The molecule has 0 amide bonds. The van der Waals surface area contributed by atoms with E-state index in [0.29, 0.717) is 16.7 Å². The Labute approximate surface area is 222 Å². The Balaban J connectivity index is 1.36. The molecule has 6 rings (SSSR count).